The van der Waals surface area contributed by atoms with E-state index < -0.39 is 5.41 Å². The summed E-state index contributed by atoms with van der Waals surface area (Å²) < 4.78 is 0. The molecular formula is C27H32N4O3S. The van der Waals surface area contributed by atoms with Crippen molar-refractivity contribution in [3.63, 3.8) is 0 Å². The van der Waals surface area contributed by atoms with Gasteiger partial charge in [0.05, 0.1) is 17.0 Å². The second-order valence-electron chi connectivity index (χ2n) is 8.36. The maximum absolute atomic E-state index is 12.0. The first-order chi connectivity index (χ1) is 16.8. The number of anilines is 1. The van der Waals surface area contributed by atoms with Gasteiger partial charge in [-0.05, 0) is 36.8 Å². The molecule has 0 spiro atoms. The summed E-state index contributed by atoms with van der Waals surface area (Å²) in [5, 5.41) is 21.6. The van der Waals surface area contributed by atoms with E-state index in [1.54, 1.807) is 20.0 Å². The molecule has 0 aliphatic carbocycles. The van der Waals surface area contributed by atoms with Crippen LogP contribution in [-0.2, 0) is 16.8 Å². The highest BCUT2D eigenvalue weighted by atomic mass is 32.1. The molecule has 4 N–H and O–H groups in total. The van der Waals surface area contributed by atoms with Crippen LogP contribution in [0.1, 0.15) is 42.8 Å². The van der Waals surface area contributed by atoms with Crippen molar-refractivity contribution < 1.29 is 15.0 Å². The topological polar surface area (TPSA) is 113 Å². The molecule has 184 valence electrons. The predicted octanol–water partition coefficient (Wildman–Crippen LogP) is 4.10. The van der Waals surface area contributed by atoms with Gasteiger partial charge in [-0.3, -0.25) is 4.79 Å². The number of allylic oxidation sites excluding steroid dienone is 1. The zero-order valence-electron chi connectivity index (χ0n) is 20.2. The van der Waals surface area contributed by atoms with Crippen molar-refractivity contribution in [1.82, 2.24) is 14.9 Å². The Kier molecular flexibility index (Phi) is 8.92. The molecule has 7 nitrogen and oxygen atoms in total. The first kappa shape index (κ1) is 26.3. The highest BCUT2D eigenvalue weighted by molar-refractivity contribution is 8.02. The molecule has 2 aromatic carbocycles. The molecule has 0 saturated carbocycles. The Morgan fingerprint density at radius 2 is 1.69 bits per heavy atom. The average molecular weight is 493 g/mol. The molecule has 1 amide bonds. The third-order valence-electron chi connectivity index (χ3n) is 6.07. The van der Waals surface area contributed by atoms with Crippen LogP contribution in [0.25, 0.3) is 0 Å². The fourth-order valence-corrected chi connectivity index (χ4v) is 5.09. The Hall–Kier alpha value is -3.33. The number of aliphatic hydroxyl groups is 2. The monoisotopic (exact) mass is 492 g/mol. The molecule has 3 aromatic rings. The van der Waals surface area contributed by atoms with Crippen LogP contribution in [0.5, 0.6) is 0 Å². The standard InChI is InChI=1S/C27H32N4O3S/c1-19(31(18-33)17-21-16-29-20(2)30-25(21)28)24(14-15-32)35-26(34)27(3,22-10-6-4-7-11-22)23-12-8-5-9-13-23/h4-13,16,18,32,34-35H,14-15,17H2,1-3H3,(H2,28,29,30)/b24-19-. The maximum atomic E-state index is 12.0. The van der Waals surface area contributed by atoms with Gasteiger partial charge in [0.2, 0.25) is 6.41 Å². The minimum Gasteiger partial charge on any atom is -0.396 e. The fraction of sp³-hybridized carbons (Fsp3) is 0.259. The number of nitrogen functional groups attached to an aromatic ring is 1. The van der Waals surface area contributed by atoms with Gasteiger partial charge in [0.1, 0.15) is 11.6 Å². The van der Waals surface area contributed by atoms with E-state index in [-0.39, 0.29) is 18.2 Å². The molecule has 0 saturated heterocycles. The number of aromatic nitrogens is 2. The van der Waals surface area contributed by atoms with E-state index in [2.05, 4.69) is 9.97 Å². The Bertz CT molecular complexity index is 1170. The number of benzene rings is 2. The summed E-state index contributed by atoms with van der Waals surface area (Å²) in [5.41, 5.74) is 8.36. The second-order valence-corrected chi connectivity index (χ2v) is 9.55. The third kappa shape index (κ3) is 6.03. The zero-order chi connectivity index (χ0) is 25.4. The normalized spacial score (nSPS) is 13.0. The van der Waals surface area contributed by atoms with Crippen LogP contribution in [0.3, 0.4) is 0 Å². The van der Waals surface area contributed by atoms with E-state index in [4.69, 9.17) is 5.73 Å². The van der Waals surface area contributed by atoms with E-state index in [1.807, 2.05) is 67.6 Å². The van der Waals surface area contributed by atoms with Crippen LogP contribution in [0.4, 0.5) is 5.82 Å². The van der Waals surface area contributed by atoms with Gasteiger partial charge in [-0.1, -0.05) is 60.7 Å². The zero-order valence-corrected chi connectivity index (χ0v) is 21.1. The van der Waals surface area contributed by atoms with Crippen LogP contribution in [0, 0.1) is 6.92 Å². The smallest absolute Gasteiger partial charge is 0.214 e. The van der Waals surface area contributed by atoms with Crippen molar-refractivity contribution in [1.29, 1.82) is 0 Å². The summed E-state index contributed by atoms with van der Waals surface area (Å²) in [6, 6.07) is 19.6. The van der Waals surface area contributed by atoms with Crippen molar-refractivity contribution in [2.24, 2.45) is 0 Å². The number of hydrogen-bond acceptors (Lipinski definition) is 5. The summed E-state index contributed by atoms with van der Waals surface area (Å²) in [7, 11) is 0. The van der Waals surface area contributed by atoms with E-state index in [0.717, 1.165) is 16.0 Å². The lowest BCUT2D eigenvalue weighted by Gasteiger charge is -2.31. The van der Waals surface area contributed by atoms with Gasteiger partial charge in [0, 0.05) is 30.5 Å². The minimum absolute atomic E-state index is 0.122. The van der Waals surface area contributed by atoms with E-state index in [9.17, 15) is 15.0 Å². The Balaban J connectivity index is 2.08. The molecule has 0 radical (unpaired) electrons. The van der Waals surface area contributed by atoms with Gasteiger partial charge in [0.25, 0.3) is 0 Å². The van der Waals surface area contributed by atoms with Crippen molar-refractivity contribution in [3.8, 4) is 0 Å². The Morgan fingerprint density at radius 3 is 2.17 bits per heavy atom. The number of amides is 1. The Morgan fingerprint density at radius 1 is 1.11 bits per heavy atom. The summed E-state index contributed by atoms with van der Waals surface area (Å²) >= 11 is 0.515. The van der Waals surface area contributed by atoms with Crippen molar-refractivity contribution >= 4 is 28.6 Å². The van der Waals surface area contributed by atoms with Crippen LogP contribution in [-0.4, -0.2) is 43.1 Å². The molecule has 0 unspecified atom stereocenters. The lowest BCUT2D eigenvalue weighted by Crippen LogP contribution is -2.33. The van der Waals surface area contributed by atoms with Gasteiger partial charge in [-0.25, -0.2) is 9.97 Å². The molecule has 1 aromatic heterocycles. The highest BCUT2D eigenvalue weighted by Gasteiger charge is 2.33. The lowest BCUT2D eigenvalue weighted by atomic mass is 9.77. The molecule has 0 aliphatic rings. The number of aliphatic hydroxyl groups excluding tert-OH is 2. The molecule has 8 heteroatoms. The fourth-order valence-electron chi connectivity index (χ4n) is 3.85. The maximum Gasteiger partial charge on any atom is 0.214 e. The average Bonchev–Trinajstić information content (AvgIpc) is 2.88. The summed E-state index contributed by atoms with van der Waals surface area (Å²) in [6.07, 6.45) is 2.61. The quantitative estimate of drug-likeness (QED) is 0.193. The van der Waals surface area contributed by atoms with E-state index in [0.29, 0.717) is 47.1 Å². The van der Waals surface area contributed by atoms with Crippen molar-refractivity contribution in [2.75, 3.05) is 12.3 Å². The summed E-state index contributed by atoms with van der Waals surface area (Å²) in [5.74, 6) is 0.866. The molecule has 0 aliphatic heterocycles. The number of thiol groups is 1. The first-order valence-electron chi connectivity index (χ1n) is 11.3. The SMILES string of the molecule is C/C(=C(CCO)/[SH]=C(\O)C(C)(c1ccccc1)c1ccccc1)N(C=O)Cc1cnc(C)nc1N. The molecule has 3 rings (SSSR count). The van der Waals surface area contributed by atoms with Crippen LogP contribution in [0.2, 0.25) is 0 Å². The van der Waals surface area contributed by atoms with Crippen LogP contribution >= 0.6 is 11.4 Å². The van der Waals surface area contributed by atoms with Gasteiger partial charge >= 0.3 is 0 Å². The van der Waals surface area contributed by atoms with E-state index >= 15 is 0 Å². The number of hydrogen-bond donors (Lipinski definition) is 4. The number of aryl methyl sites for hydroxylation is 1. The molecule has 1 heterocycles. The van der Waals surface area contributed by atoms with Crippen LogP contribution < -0.4 is 5.73 Å². The second kappa shape index (κ2) is 11.9. The number of carbonyl (C=O) groups excluding carboxylic acids is 1. The summed E-state index contributed by atoms with van der Waals surface area (Å²) in [4.78, 5) is 22.6. The first-order valence-corrected chi connectivity index (χ1v) is 12.2. The van der Waals surface area contributed by atoms with Gasteiger partial charge in [-0.2, -0.15) is 0 Å². The lowest BCUT2D eigenvalue weighted by molar-refractivity contribution is -0.116. The van der Waals surface area contributed by atoms with Gasteiger partial charge in [0.15, 0.2) is 0 Å². The predicted molar refractivity (Wildman–Crippen MR) is 143 cm³/mol. The molecule has 0 bridgehead atoms. The molecule has 35 heavy (non-hydrogen) atoms. The van der Waals surface area contributed by atoms with Crippen molar-refractivity contribution in [2.45, 2.75) is 39.2 Å². The molecular weight excluding hydrogens is 460 g/mol. The van der Waals surface area contributed by atoms with E-state index in [1.165, 1.54) is 4.90 Å². The third-order valence-corrected chi connectivity index (χ3v) is 7.55. The highest BCUT2D eigenvalue weighted by Crippen LogP contribution is 2.36. The Labute approximate surface area is 209 Å². The number of carbonyl (C=O) groups is 1. The van der Waals surface area contributed by atoms with Crippen LogP contribution in [0.15, 0.2) is 77.5 Å². The number of nitrogens with zero attached hydrogens (tertiary/aromatic N) is 3. The minimum atomic E-state index is -0.799. The molecule has 0 atom stereocenters. The largest absolute Gasteiger partial charge is 0.396 e. The number of rotatable bonds is 10. The number of nitrogens with two attached hydrogens (primary N) is 1. The van der Waals surface area contributed by atoms with Gasteiger partial charge < -0.3 is 20.8 Å². The summed E-state index contributed by atoms with van der Waals surface area (Å²) in [6.45, 7) is 5.58. The molecule has 0 fully saturated rings. The van der Waals surface area contributed by atoms with Crippen molar-refractivity contribution in [3.05, 3.63) is 100.0 Å². The van der Waals surface area contributed by atoms with Gasteiger partial charge in [-0.15, -0.1) is 11.4 Å².